The number of nitrogens with zero attached hydrogens (tertiary/aromatic N) is 1. The van der Waals surface area contributed by atoms with Crippen LogP contribution in [0.5, 0.6) is 0 Å². The van der Waals surface area contributed by atoms with E-state index < -0.39 is 0 Å². The van der Waals surface area contributed by atoms with Gasteiger partial charge in [-0.25, -0.2) is 0 Å². The number of hydrogen-bond acceptors (Lipinski definition) is 1. The van der Waals surface area contributed by atoms with Crippen molar-refractivity contribution >= 4 is 6.21 Å². The van der Waals surface area contributed by atoms with E-state index in [1.807, 2.05) is 13.3 Å². The van der Waals surface area contributed by atoms with Gasteiger partial charge in [-0.15, -0.1) is 0 Å². The molecule has 0 aromatic rings. The molecule has 0 N–H and O–H groups in total. The van der Waals surface area contributed by atoms with Crippen LogP contribution in [0.1, 0.15) is 39.0 Å². The maximum atomic E-state index is 3.91. The third-order valence-electron chi connectivity index (χ3n) is 1.37. The van der Waals surface area contributed by atoms with E-state index in [9.17, 15) is 0 Å². The standard InChI is InChI=1S/C8H17N/c1-3-4-5-6-7-8-9-2/h8H,3-7H2,1-2H3. The maximum absolute atomic E-state index is 3.91. The molecule has 54 valence electrons. The van der Waals surface area contributed by atoms with Gasteiger partial charge in [0.1, 0.15) is 0 Å². The minimum atomic E-state index is 1.16. The van der Waals surface area contributed by atoms with Crippen molar-refractivity contribution in [3.05, 3.63) is 0 Å². The number of hydrogen-bond donors (Lipinski definition) is 0. The largest absolute Gasteiger partial charge is 0.301 e. The van der Waals surface area contributed by atoms with E-state index in [1.54, 1.807) is 0 Å². The second kappa shape index (κ2) is 7.67. The molecule has 0 atom stereocenters. The first-order valence-corrected chi connectivity index (χ1v) is 3.82. The molecule has 1 heteroatoms. The molecule has 0 aliphatic heterocycles. The third kappa shape index (κ3) is 7.67. The molecule has 0 saturated heterocycles. The highest BCUT2D eigenvalue weighted by Gasteiger charge is 1.82. The smallest absolute Gasteiger partial charge is 0.0273 e. The molecule has 0 fully saturated rings. The molecule has 0 spiro atoms. The van der Waals surface area contributed by atoms with Crippen molar-refractivity contribution in [1.82, 2.24) is 0 Å². The molecule has 9 heavy (non-hydrogen) atoms. The summed E-state index contributed by atoms with van der Waals surface area (Å²) >= 11 is 0. The predicted molar refractivity (Wildman–Crippen MR) is 43.2 cm³/mol. The Balaban J connectivity index is 2.75. The van der Waals surface area contributed by atoms with Gasteiger partial charge in [-0.3, -0.25) is 0 Å². The molecule has 0 aromatic carbocycles. The van der Waals surface area contributed by atoms with Crippen LogP contribution in [0.15, 0.2) is 4.99 Å². The van der Waals surface area contributed by atoms with Crippen LogP contribution in [0.3, 0.4) is 0 Å². The molecular formula is C8H17N. The first-order chi connectivity index (χ1) is 4.41. The van der Waals surface area contributed by atoms with E-state index in [-0.39, 0.29) is 0 Å². The maximum Gasteiger partial charge on any atom is 0.0273 e. The topological polar surface area (TPSA) is 12.4 Å². The van der Waals surface area contributed by atoms with Gasteiger partial charge in [0.05, 0.1) is 0 Å². The van der Waals surface area contributed by atoms with Crippen molar-refractivity contribution in [3.8, 4) is 0 Å². The highest BCUT2D eigenvalue weighted by Crippen LogP contribution is 1.99. The molecule has 0 aromatic heterocycles. The normalized spacial score (nSPS) is 10.9. The van der Waals surface area contributed by atoms with Gasteiger partial charge in [-0.05, 0) is 19.1 Å². The first-order valence-electron chi connectivity index (χ1n) is 3.82. The first kappa shape index (κ1) is 8.67. The van der Waals surface area contributed by atoms with Gasteiger partial charge in [0, 0.05) is 7.05 Å². The minimum Gasteiger partial charge on any atom is -0.301 e. The summed E-state index contributed by atoms with van der Waals surface area (Å²) in [4.78, 5) is 3.91. The summed E-state index contributed by atoms with van der Waals surface area (Å²) in [5.41, 5.74) is 0. The van der Waals surface area contributed by atoms with E-state index >= 15 is 0 Å². The number of aliphatic imine (C=N–C) groups is 1. The lowest BCUT2D eigenvalue weighted by molar-refractivity contribution is 0.685. The Labute approximate surface area is 58.2 Å². The molecule has 1 nitrogen and oxygen atoms in total. The highest BCUT2D eigenvalue weighted by atomic mass is 14.6. The zero-order chi connectivity index (χ0) is 6.95. The fourth-order valence-corrected chi connectivity index (χ4v) is 0.792. The molecule has 0 aliphatic carbocycles. The van der Waals surface area contributed by atoms with Crippen molar-refractivity contribution in [3.63, 3.8) is 0 Å². The van der Waals surface area contributed by atoms with E-state index in [0.29, 0.717) is 0 Å². The Kier molecular flexibility index (Phi) is 7.39. The molecular weight excluding hydrogens is 110 g/mol. The van der Waals surface area contributed by atoms with Crippen molar-refractivity contribution in [2.75, 3.05) is 7.05 Å². The van der Waals surface area contributed by atoms with E-state index in [2.05, 4.69) is 11.9 Å². The highest BCUT2D eigenvalue weighted by molar-refractivity contribution is 5.56. The van der Waals surface area contributed by atoms with Gasteiger partial charge >= 0.3 is 0 Å². The molecule has 0 rings (SSSR count). The summed E-state index contributed by atoms with van der Waals surface area (Å²) in [5.74, 6) is 0. The average molecular weight is 127 g/mol. The van der Waals surface area contributed by atoms with E-state index in [4.69, 9.17) is 0 Å². The van der Waals surface area contributed by atoms with Crippen molar-refractivity contribution in [2.45, 2.75) is 39.0 Å². The summed E-state index contributed by atoms with van der Waals surface area (Å²) in [6, 6.07) is 0. The molecule has 0 amide bonds. The van der Waals surface area contributed by atoms with Gasteiger partial charge in [-0.2, -0.15) is 0 Å². The van der Waals surface area contributed by atoms with Crippen LogP contribution in [-0.4, -0.2) is 13.3 Å². The summed E-state index contributed by atoms with van der Waals surface area (Å²) in [5, 5.41) is 0. The summed E-state index contributed by atoms with van der Waals surface area (Å²) in [6.45, 7) is 2.23. The molecule has 0 unspecified atom stereocenters. The Morgan fingerprint density at radius 3 is 2.56 bits per heavy atom. The van der Waals surface area contributed by atoms with Gasteiger partial charge in [0.15, 0.2) is 0 Å². The van der Waals surface area contributed by atoms with Crippen molar-refractivity contribution < 1.29 is 0 Å². The predicted octanol–water partition coefficient (Wildman–Crippen LogP) is 2.66. The number of rotatable bonds is 5. The van der Waals surface area contributed by atoms with Crippen LogP contribution in [0, 0.1) is 0 Å². The van der Waals surface area contributed by atoms with Crippen LogP contribution in [0.4, 0.5) is 0 Å². The lowest BCUT2D eigenvalue weighted by Crippen LogP contribution is -1.77. The zero-order valence-electron chi connectivity index (χ0n) is 6.56. The molecule has 0 aliphatic rings. The summed E-state index contributed by atoms with van der Waals surface area (Å²) in [7, 11) is 1.83. The second-order valence-electron chi connectivity index (χ2n) is 2.29. The number of unbranched alkanes of at least 4 members (excludes halogenated alkanes) is 4. The fourth-order valence-electron chi connectivity index (χ4n) is 0.792. The van der Waals surface area contributed by atoms with Crippen LogP contribution < -0.4 is 0 Å². The summed E-state index contributed by atoms with van der Waals surface area (Å²) in [6.07, 6.45) is 8.53. The van der Waals surface area contributed by atoms with Crippen molar-refractivity contribution in [2.24, 2.45) is 4.99 Å². The second-order valence-corrected chi connectivity index (χ2v) is 2.29. The van der Waals surface area contributed by atoms with Gasteiger partial charge in [-0.1, -0.05) is 26.2 Å². The van der Waals surface area contributed by atoms with Gasteiger partial charge in [0.25, 0.3) is 0 Å². The zero-order valence-corrected chi connectivity index (χ0v) is 6.56. The quantitative estimate of drug-likeness (QED) is 0.397. The van der Waals surface area contributed by atoms with Crippen LogP contribution >= 0.6 is 0 Å². The molecule has 0 radical (unpaired) electrons. The van der Waals surface area contributed by atoms with Crippen LogP contribution in [0.2, 0.25) is 0 Å². The van der Waals surface area contributed by atoms with Gasteiger partial charge < -0.3 is 4.99 Å². The molecule has 0 saturated carbocycles. The summed E-state index contributed by atoms with van der Waals surface area (Å²) < 4.78 is 0. The monoisotopic (exact) mass is 127 g/mol. The Morgan fingerprint density at radius 1 is 1.22 bits per heavy atom. The SMILES string of the molecule is CCCCCCC=NC. The average Bonchev–Trinajstić information content (AvgIpc) is 1.89. The lowest BCUT2D eigenvalue weighted by Gasteiger charge is -1.92. The Hall–Kier alpha value is -0.330. The molecule has 0 bridgehead atoms. The van der Waals surface area contributed by atoms with E-state index in [1.165, 1.54) is 25.7 Å². The van der Waals surface area contributed by atoms with Gasteiger partial charge in [0.2, 0.25) is 0 Å². The molecule has 0 heterocycles. The Morgan fingerprint density at radius 2 is 2.00 bits per heavy atom. The third-order valence-corrected chi connectivity index (χ3v) is 1.37. The Bertz CT molecular complexity index is 67.0. The minimum absolute atomic E-state index is 1.16. The fraction of sp³-hybridized carbons (Fsp3) is 0.875. The van der Waals surface area contributed by atoms with Crippen molar-refractivity contribution in [1.29, 1.82) is 0 Å². The van der Waals surface area contributed by atoms with Crippen LogP contribution in [-0.2, 0) is 0 Å². The lowest BCUT2D eigenvalue weighted by atomic mass is 10.2. The van der Waals surface area contributed by atoms with Crippen LogP contribution in [0.25, 0.3) is 0 Å². The van der Waals surface area contributed by atoms with E-state index in [0.717, 1.165) is 6.42 Å².